The summed E-state index contributed by atoms with van der Waals surface area (Å²) in [6.07, 6.45) is -0.141. The maximum Gasteiger partial charge on any atom is 0.405 e. The maximum absolute atomic E-state index is 11.8. The van der Waals surface area contributed by atoms with Crippen molar-refractivity contribution in [1.29, 1.82) is 0 Å². The van der Waals surface area contributed by atoms with Crippen LogP contribution in [-0.4, -0.2) is 41.5 Å². The molecule has 102 valence electrons. The number of amides is 1. The quantitative estimate of drug-likeness (QED) is 0.707. The first-order chi connectivity index (χ1) is 8.47. The lowest BCUT2D eigenvalue weighted by Crippen LogP contribution is -2.39. The molecular formula is C10H15F3N4O. The first kappa shape index (κ1) is 14.5. The van der Waals surface area contributed by atoms with Crippen molar-refractivity contribution in [2.24, 2.45) is 0 Å². The third-order valence-electron chi connectivity index (χ3n) is 2.07. The fourth-order valence-electron chi connectivity index (χ4n) is 1.26. The highest BCUT2D eigenvalue weighted by Crippen LogP contribution is 2.11. The molecule has 1 aromatic heterocycles. The molecule has 1 heterocycles. The third-order valence-corrected chi connectivity index (χ3v) is 2.07. The van der Waals surface area contributed by atoms with Crippen LogP contribution in [-0.2, 0) is 11.3 Å². The molecule has 0 aliphatic rings. The average molecular weight is 264 g/mol. The van der Waals surface area contributed by atoms with Gasteiger partial charge in [-0.25, -0.2) is 0 Å². The molecule has 0 bridgehead atoms. The van der Waals surface area contributed by atoms with Crippen molar-refractivity contribution in [1.82, 2.24) is 20.4 Å². The van der Waals surface area contributed by atoms with E-state index in [4.69, 9.17) is 0 Å². The van der Waals surface area contributed by atoms with E-state index in [2.05, 4.69) is 10.4 Å². The standard InChI is InChI=1S/C10H15F3N4O/c11-10(12,13)8-15-9(18)7-14-3-1-5-17-6-2-4-16-17/h2,4,6,14H,1,3,5,7-8H2,(H,15,18). The Morgan fingerprint density at radius 3 is 2.78 bits per heavy atom. The number of aryl methyl sites for hydroxylation is 1. The largest absolute Gasteiger partial charge is 0.405 e. The minimum Gasteiger partial charge on any atom is -0.346 e. The fraction of sp³-hybridized carbons (Fsp3) is 0.600. The van der Waals surface area contributed by atoms with Crippen molar-refractivity contribution in [3.05, 3.63) is 18.5 Å². The van der Waals surface area contributed by atoms with Crippen LogP contribution in [0.4, 0.5) is 13.2 Å². The number of halogens is 3. The number of hydrogen-bond donors (Lipinski definition) is 2. The molecule has 8 heteroatoms. The smallest absolute Gasteiger partial charge is 0.346 e. The summed E-state index contributed by atoms with van der Waals surface area (Å²) in [4.78, 5) is 11.0. The zero-order chi connectivity index (χ0) is 13.4. The van der Waals surface area contributed by atoms with Gasteiger partial charge in [0.25, 0.3) is 0 Å². The summed E-state index contributed by atoms with van der Waals surface area (Å²) >= 11 is 0. The third kappa shape index (κ3) is 6.89. The summed E-state index contributed by atoms with van der Waals surface area (Å²) in [6.45, 7) is -0.167. The summed E-state index contributed by atoms with van der Waals surface area (Å²) in [7, 11) is 0. The van der Waals surface area contributed by atoms with Gasteiger partial charge in [0.15, 0.2) is 0 Å². The second-order valence-electron chi connectivity index (χ2n) is 3.69. The van der Waals surface area contributed by atoms with Crippen molar-refractivity contribution < 1.29 is 18.0 Å². The van der Waals surface area contributed by atoms with E-state index >= 15 is 0 Å². The normalized spacial score (nSPS) is 11.5. The lowest BCUT2D eigenvalue weighted by Gasteiger charge is -2.09. The van der Waals surface area contributed by atoms with Gasteiger partial charge in [0, 0.05) is 18.9 Å². The van der Waals surface area contributed by atoms with E-state index in [0.29, 0.717) is 13.1 Å². The molecule has 0 aliphatic heterocycles. The summed E-state index contributed by atoms with van der Waals surface area (Å²) in [6, 6.07) is 1.80. The first-order valence-corrected chi connectivity index (χ1v) is 5.49. The van der Waals surface area contributed by atoms with Crippen molar-refractivity contribution in [3.8, 4) is 0 Å². The SMILES string of the molecule is O=C(CNCCCn1cccn1)NCC(F)(F)F. The van der Waals surface area contributed by atoms with Gasteiger partial charge in [0.1, 0.15) is 6.54 Å². The Bertz CT molecular complexity index is 351. The van der Waals surface area contributed by atoms with Crippen LogP contribution in [0.3, 0.4) is 0 Å². The number of hydrogen-bond acceptors (Lipinski definition) is 3. The van der Waals surface area contributed by atoms with Gasteiger partial charge in [-0.2, -0.15) is 18.3 Å². The molecule has 2 N–H and O–H groups in total. The lowest BCUT2D eigenvalue weighted by molar-refractivity contribution is -0.137. The molecule has 0 aromatic carbocycles. The number of carbonyl (C=O) groups excluding carboxylic acids is 1. The van der Waals surface area contributed by atoms with Gasteiger partial charge in [0.2, 0.25) is 5.91 Å². The maximum atomic E-state index is 11.8. The zero-order valence-corrected chi connectivity index (χ0v) is 9.70. The van der Waals surface area contributed by atoms with Gasteiger partial charge in [0.05, 0.1) is 6.54 Å². The predicted molar refractivity (Wildman–Crippen MR) is 58.8 cm³/mol. The zero-order valence-electron chi connectivity index (χ0n) is 9.70. The van der Waals surface area contributed by atoms with Gasteiger partial charge < -0.3 is 10.6 Å². The number of aromatic nitrogens is 2. The lowest BCUT2D eigenvalue weighted by atomic mass is 10.4. The van der Waals surface area contributed by atoms with Crippen LogP contribution in [0, 0.1) is 0 Å². The molecule has 0 fully saturated rings. The molecule has 18 heavy (non-hydrogen) atoms. The molecule has 0 atom stereocenters. The number of alkyl halides is 3. The molecule has 5 nitrogen and oxygen atoms in total. The number of carbonyl (C=O) groups is 1. The van der Waals surface area contributed by atoms with Crippen LogP contribution < -0.4 is 10.6 Å². The highest BCUT2D eigenvalue weighted by Gasteiger charge is 2.27. The summed E-state index contributed by atoms with van der Waals surface area (Å²) in [5.74, 6) is -0.661. The highest BCUT2D eigenvalue weighted by atomic mass is 19.4. The second-order valence-corrected chi connectivity index (χ2v) is 3.69. The Morgan fingerprint density at radius 1 is 1.39 bits per heavy atom. The van der Waals surface area contributed by atoms with Crippen LogP contribution in [0.2, 0.25) is 0 Å². The van der Waals surface area contributed by atoms with E-state index in [1.165, 1.54) is 0 Å². The molecule has 1 aromatic rings. The Kier molecular flexibility index (Phi) is 5.63. The van der Waals surface area contributed by atoms with Gasteiger partial charge >= 0.3 is 6.18 Å². The first-order valence-electron chi connectivity index (χ1n) is 5.49. The summed E-state index contributed by atoms with van der Waals surface area (Å²) < 4.78 is 37.1. The second kappa shape index (κ2) is 7.00. The molecular weight excluding hydrogens is 249 g/mol. The molecule has 1 amide bonds. The summed E-state index contributed by atoms with van der Waals surface area (Å²) in [5.41, 5.74) is 0. The van der Waals surface area contributed by atoms with Gasteiger partial charge in [-0.15, -0.1) is 0 Å². The number of nitrogens with one attached hydrogen (secondary N) is 2. The summed E-state index contributed by atoms with van der Waals surface area (Å²) in [5, 5.41) is 8.54. The van der Waals surface area contributed by atoms with E-state index in [1.54, 1.807) is 22.3 Å². The van der Waals surface area contributed by atoms with Crippen LogP contribution in [0.15, 0.2) is 18.5 Å². The van der Waals surface area contributed by atoms with E-state index in [1.807, 2.05) is 6.20 Å². The van der Waals surface area contributed by atoms with E-state index in [-0.39, 0.29) is 6.54 Å². The molecule has 0 saturated heterocycles. The topological polar surface area (TPSA) is 59.0 Å². The van der Waals surface area contributed by atoms with Crippen LogP contribution >= 0.6 is 0 Å². The van der Waals surface area contributed by atoms with Crippen molar-refractivity contribution >= 4 is 5.91 Å². The Morgan fingerprint density at radius 2 is 2.17 bits per heavy atom. The van der Waals surface area contributed by atoms with Gasteiger partial charge in [-0.3, -0.25) is 9.48 Å². The Balaban J connectivity index is 1.99. The average Bonchev–Trinajstić information content (AvgIpc) is 2.78. The predicted octanol–water partition coefficient (Wildman–Crippen LogP) is 0.541. The van der Waals surface area contributed by atoms with E-state index in [0.717, 1.165) is 6.42 Å². The Labute approximate surface area is 102 Å². The van der Waals surface area contributed by atoms with Crippen LogP contribution in [0.1, 0.15) is 6.42 Å². The van der Waals surface area contributed by atoms with Crippen LogP contribution in [0.5, 0.6) is 0 Å². The molecule has 0 unspecified atom stereocenters. The van der Waals surface area contributed by atoms with Gasteiger partial charge in [-0.05, 0) is 19.0 Å². The number of nitrogens with zero attached hydrogens (tertiary/aromatic N) is 2. The van der Waals surface area contributed by atoms with Crippen molar-refractivity contribution in [2.75, 3.05) is 19.6 Å². The van der Waals surface area contributed by atoms with E-state index < -0.39 is 18.6 Å². The minimum atomic E-state index is -4.37. The van der Waals surface area contributed by atoms with Gasteiger partial charge in [-0.1, -0.05) is 0 Å². The number of rotatable bonds is 7. The minimum absolute atomic E-state index is 0.116. The molecule has 0 saturated carbocycles. The highest BCUT2D eigenvalue weighted by molar-refractivity contribution is 5.77. The van der Waals surface area contributed by atoms with Crippen LogP contribution in [0.25, 0.3) is 0 Å². The van der Waals surface area contributed by atoms with E-state index in [9.17, 15) is 18.0 Å². The Hall–Kier alpha value is -1.57. The molecule has 0 spiro atoms. The molecule has 0 aliphatic carbocycles. The molecule has 1 rings (SSSR count). The van der Waals surface area contributed by atoms with Crippen molar-refractivity contribution in [3.63, 3.8) is 0 Å². The monoisotopic (exact) mass is 264 g/mol. The fourth-order valence-corrected chi connectivity index (χ4v) is 1.26. The van der Waals surface area contributed by atoms with Crippen molar-refractivity contribution in [2.45, 2.75) is 19.1 Å². The molecule has 0 radical (unpaired) electrons.